The van der Waals surface area contributed by atoms with Crippen LogP contribution in [-0.4, -0.2) is 58.2 Å². The molecule has 108 valence electrons. The molecule has 1 fully saturated rings. The van der Waals surface area contributed by atoms with Gasteiger partial charge >= 0.3 is 0 Å². The lowest BCUT2D eigenvalue weighted by atomic mass is 10.0. The van der Waals surface area contributed by atoms with Crippen molar-refractivity contribution in [3.8, 4) is 0 Å². The molecule has 3 atom stereocenters. The van der Waals surface area contributed by atoms with Crippen LogP contribution in [0.1, 0.15) is 46.0 Å². The predicted molar refractivity (Wildman–Crippen MR) is 72.4 cm³/mol. The Morgan fingerprint density at radius 1 is 1.11 bits per heavy atom. The summed E-state index contributed by atoms with van der Waals surface area (Å²) in [5.74, 6) is 0.785. The Bertz CT molecular complexity index is 223. The minimum Gasteiger partial charge on any atom is -0.395 e. The second kappa shape index (κ2) is 8.10. The normalized spacial score (nSPS) is 29.3. The smallest absolute Gasteiger partial charge is 0.0988 e. The lowest BCUT2D eigenvalue weighted by molar-refractivity contribution is 0.0216. The van der Waals surface area contributed by atoms with Gasteiger partial charge in [0.25, 0.3) is 0 Å². The van der Waals surface area contributed by atoms with Crippen molar-refractivity contribution in [2.45, 2.75) is 64.2 Å². The molecule has 0 spiro atoms. The maximum absolute atomic E-state index is 9.68. The van der Waals surface area contributed by atoms with Gasteiger partial charge in [-0.3, -0.25) is 4.90 Å². The third-order valence-corrected chi connectivity index (χ3v) is 3.84. The molecule has 0 amide bonds. The standard InChI is InChI=1S/C14H29NO3/c1-11(2)7-5-3-4-6-8-15-9-13(17)14(18)12(15)10-16/h11-14,16-18H,3-10H2,1-2H3. The molecule has 0 bridgehead atoms. The molecule has 3 N–H and O–H groups in total. The monoisotopic (exact) mass is 259 g/mol. The molecule has 0 radical (unpaired) electrons. The van der Waals surface area contributed by atoms with Crippen LogP contribution in [0, 0.1) is 5.92 Å². The molecule has 1 saturated heterocycles. The van der Waals surface area contributed by atoms with E-state index < -0.39 is 12.2 Å². The zero-order valence-electron chi connectivity index (χ0n) is 11.8. The highest BCUT2D eigenvalue weighted by atomic mass is 16.3. The second-order valence-electron chi connectivity index (χ2n) is 5.90. The molecule has 18 heavy (non-hydrogen) atoms. The summed E-state index contributed by atoms with van der Waals surface area (Å²) in [4.78, 5) is 2.01. The van der Waals surface area contributed by atoms with E-state index in [1.165, 1.54) is 25.7 Å². The fourth-order valence-corrected chi connectivity index (χ4v) is 2.66. The Kier molecular flexibility index (Phi) is 7.15. The molecule has 3 unspecified atom stereocenters. The highest BCUT2D eigenvalue weighted by molar-refractivity contribution is 4.92. The zero-order chi connectivity index (χ0) is 13.5. The zero-order valence-corrected chi connectivity index (χ0v) is 11.8. The summed E-state index contributed by atoms with van der Waals surface area (Å²) >= 11 is 0. The number of hydrogen-bond acceptors (Lipinski definition) is 4. The molecule has 0 aliphatic carbocycles. The first kappa shape index (κ1) is 15.9. The average molecular weight is 259 g/mol. The van der Waals surface area contributed by atoms with E-state index in [2.05, 4.69) is 13.8 Å². The van der Waals surface area contributed by atoms with Gasteiger partial charge in [0.15, 0.2) is 0 Å². The second-order valence-corrected chi connectivity index (χ2v) is 5.90. The molecule has 4 heteroatoms. The Hall–Kier alpha value is -0.160. The van der Waals surface area contributed by atoms with Gasteiger partial charge in [-0.25, -0.2) is 0 Å². The summed E-state index contributed by atoms with van der Waals surface area (Å²) < 4.78 is 0. The topological polar surface area (TPSA) is 63.9 Å². The van der Waals surface area contributed by atoms with E-state index in [1.54, 1.807) is 0 Å². The SMILES string of the molecule is CC(C)CCCCCCN1CC(O)C(O)C1CO. The minimum atomic E-state index is -0.795. The van der Waals surface area contributed by atoms with Crippen LogP contribution in [0.15, 0.2) is 0 Å². The molecule has 4 nitrogen and oxygen atoms in total. The van der Waals surface area contributed by atoms with Crippen LogP contribution in [-0.2, 0) is 0 Å². The van der Waals surface area contributed by atoms with Gasteiger partial charge in [0, 0.05) is 6.54 Å². The van der Waals surface area contributed by atoms with Crippen LogP contribution >= 0.6 is 0 Å². The van der Waals surface area contributed by atoms with Crippen LogP contribution in [0.2, 0.25) is 0 Å². The van der Waals surface area contributed by atoms with Gasteiger partial charge in [-0.2, -0.15) is 0 Å². The van der Waals surface area contributed by atoms with Crippen LogP contribution in [0.3, 0.4) is 0 Å². The van der Waals surface area contributed by atoms with Crippen molar-refractivity contribution >= 4 is 0 Å². The number of likely N-dealkylation sites (tertiary alicyclic amines) is 1. The molecular formula is C14H29NO3. The number of aliphatic hydroxyl groups excluding tert-OH is 3. The first-order chi connectivity index (χ1) is 8.56. The maximum atomic E-state index is 9.68. The predicted octanol–water partition coefficient (Wildman–Crippen LogP) is 0.991. The number of nitrogens with zero attached hydrogens (tertiary/aromatic N) is 1. The average Bonchev–Trinajstić information content (AvgIpc) is 2.59. The van der Waals surface area contributed by atoms with Crippen molar-refractivity contribution in [1.82, 2.24) is 4.90 Å². The number of rotatable bonds is 8. The number of hydrogen-bond donors (Lipinski definition) is 3. The summed E-state index contributed by atoms with van der Waals surface area (Å²) in [7, 11) is 0. The summed E-state index contributed by atoms with van der Waals surface area (Å²) in [6.45, 7) is 5.77. The fourth-order valence-electron chi connectivity index (χ4n) is 2.66. The first-order valence-corrected chi connectivity index (χ1v) is 7.27. The Morgan fingerprint density at radius 2 is 1.78 bits per heavy atom. The molecule has 0 aromatic rings. The molecular weight excluding hydrogens is 230 g/mol. The highest BCUT2D eigenvalue weighted by Crippen LogP contribution is 2.19. The van der Waals surface area contributed by atoms with Crippen molar-refractivity contribution in [3.05, 3.63) is 0 Å². The summed E-state index contributed by atoms with van der Waals surface area (Å²) in [6.07, 6.45) is 4.59. The summed E-state index contributed by atoms with van der Waals surface area (Å²) in [6, 6.07) is -0.282. The van der Waals surface area contributed by atoms with Crippen molar-refractivity contribution in [1.29, 1.82) is 0 Å². The summed E-state index contributed by atoms with van der Waals surface area (Å²) in [5, 5.41) is 28.5. The highest BCUT2D eigenvalue weighted by Gasteiger charge is 2.38. The van der Waals surface area contributed by atoms with Crippen LogP contribution in [0.25, 0.3) is 0 Å². The number of unbranched alkanes of at least 4 members (excludes halogenated alkanes) is 3. The van der Waals surface area contributed by atoms with Crippen LogP contribution in [0.5, 0.6) is 0 Å². The molecule has 0 aromatic heterocycles. The van der Waals surface area contributed by atoms with E-state index in [0.29, 0.717) is 6.54 Å². The molecule has 1 rings (SSSR count). The quantitative estimate of drug-likeness (QED) is 0.569. The van der Waals surface area contributed by atoms with E-state index in [4.69, 9.17) is 0 Å². The Labute approximate surface area is 111 Å². The third-order valence-electron chi connectivity index (χ3n) is 3.84. The van der Waals surface area contributed by atoms with E-state index in [-0.39, 0.29) is 12.6 Å². The van der Waals surface area contributed by atoms with Crippen molar-refractivity contribution in [2.24, 2.45) is 5.92 Å². The van der Waals surface area contributed by atoms with Gasteiger partial charge in [-0.1, -0.05) is 39.5 Å². The lowest BCUT2D eigenvalue weighted by Gasteiger charge is -2.23. The van der Waals surface area contributed by atoms with E-state index in [1.807, 2.05) is 4.90 Å². The number of β-amino-alcohol motifs (C(OH)–C–C–N with tert-alkyl or cyclic N) is 1. The van der Waals surface area contributed by atoms with Crippen molar-refractivity contribution in [2.75, 3.05) is 19.7 Å². The minimum absolute atomic E-state index is 0.0778. The van der Waals surface area contributed by atoms with Crippen molar-refractivity contribution < 1.29 is 15.3 Å². The number of aliphatic hydroxyl groups is 3. The molecule has 1 aliphatic heterocycles. The molecule has 0 aromatic carbocycles. The van der Waals surface area contributed by atoms with E-state index in [9.17, 15) is 15.3 Å². The fraction of sp³-hybridized carbons (Fsp3) is 1.00. The van der Waals surface area contributed by atoms with Gasteiger partial charge in [0.05, 0.1) is 24.9 Å². The first-order valence-electron chi connectivity index (χ1n) is 7.27. The Balaban J connectivity index is 2.12. The van der Waals surface area contributed by atoms with Gasteiger partial charge in [-0.15, -0.1) is 0 Å². The van der Waals surface area contributed by atoms with Gasteiger partial charge in [0.2, 0.25) is 0 Å². The molecule has 0 saturated carbocycles. The van der Waals surface area contributed by atoms with Gasteiger partial charge in [-0.05, 0) is 18.9 Å². The van der Waals surface area contributed by atoms with Crippen LogP contribution in [0.4, 0.5) is 0 Å². The largest absolute Gasteiger partial charge is 0.395 e. The van der Waals surface area contributed by atoms with E-state index >= 15 is 0 Å². The molecule has 1 aliphatic rings. The van der Waals surface area contributed by atoms with Crippen molar-refractivity contribution in [3.63, 3.8) is 0 Å². The molecule has 1 heterocycles. The van der Waals surface area contributed by atoms with E-state index in [0.717, 1.165) is 18.9 Å². The van der Waals surface area contributed by atoms with Gasteiger partial charge in [0.1, 0.15) is 0 Å². The lowest BCUT2D eigenvalue weighted by Crippen LogP contribution is -2.39. The maximum Gasteiger partial charge on any atom is 0.0988 e. The van der Waals surface area contributed by atoms with Gasteiger partial charge < -0.3 is 15.3 Å². The summed E-state index contributed by atoms with van der Waals surface area (Å²) in [5.41, 5.74) is 0. The Morgan fingerprint density at radius 3 is 2.39 bits per heavy atom. The third kappa shape index (κ3) is 4.84. The van der Waals surface area contributed by atoms with Crippen LogP contribution < -0.4 is 0 Å².